The van der Waals surface area contributed by atoms with E-state index in [1.807, 2.05) is 6.07 Å². The van der Waals surface area contributed by atoms with E-state index in [1.165, 1.54) is 29.2 Å². The van der Waals surface area contributed by atoms with E-state index in [4.69, 9.17) is 4.74 Å². The van der Waals surface area contributed by atoms with Gasteiger partial charge < -0.3 is 4.74 Å². The smallest absolute Gasteiger partial charge is 0.350 e. The monoisotopic (exact) mass is 494 g/mol. The van der Waals surface area contributed by atoms with Gasteiger partial charge in [0.1, 0.15) is 23.9 Å². The predicted molar refractivity (Wildman–Crippen MR) is 125 cm³/mol. The van der Waals surface area contributed by atoms with Gasteiger partial charge in [-0.05, 0) is 42.0 Å². The summed E-state index contributed by atoms with van der Waals surface area (Å²) < 4.78 is 7.51. The minimum absolute atomic E-state index is 0.232. The predicted octanol–water partition coefficient (Wildman–Crippen LogP) is 0.831. The first-order chi connectivity index (χ1) is 16.9. The quantitative estimate of drug-likeness (QED) is 0.202. The number of carbonyl (C=O) groups is 4. The first-order valence-electron chi connectivity index (χ1n) is 10.2. The molecule has 1 aliphatic rings. The van der Waals surface area contributed by atoms with Crippen LogP contribution < -0.4 is 21.2 Å². The van der Waals surface area contributed by atoms with Gasteiger partial charge in [-0.25, -0.2) is 19.5 Å². The van der Waals surface area contributed by atoms with Crippen molar-refractivity contribution in [3.63, 3.8) is 0 Å². The minimum Gasteiger partial charge on any atom is -0.426 e. The fourth-order valence-electron chi connectivity index (χ4n) is 3.04. The summed E-state index contributed by atoms with van der Waals surface area (Å²) in [6, 6.07) is 15.1. The van der Waals surface area contributed by atoms with Gasteiger partial charge in [-0.1, -0.05) is 30.0 Å². The van der Waals surface area contributed by atoms with Crippen LogP contribution in [-0.4, -0.2) is 48.8 Å². The van der Waals surface area contributed by atoms with Crippen LogP contribution in [0.1, 0.15) is 12.0 Å². The molecule has 3 amide bonds. The van der Waals surface area contributed by atoms with Crippen LogP contribution in [0.4, 0.5) is 4.79 Å². The zero-order valence-electron chi connectivity index (χ0n) is 18.0. The second kappa shape index (κ2) is 10.6. The molecule has 35 heavy (non-hydrogen) atoms. The van der Waals surface area contributed by atoms with Gasteiger partial charge in [0.25, 0.3) is 11.1 Å². The number of rotatable bonds is 8. The third-order valence-electron chi connectivity index (χ3n) is 4.69. The fraction of sp³-hybridized carbons (Fsp3) is 0.136. The molecular formula is C22H18N6O6S. The summed E-state index contributed by atoms with van der Waals surface area (Å²) in [6.45, 7) is -0.312. The Labute approximate surface area is 202 Å². The lowest BCUT2D eigenvalue weighted by Gasteiger charge is -2.06. The normalized spacial score (nSPS) is 15.3. The van der Waals surface area contributed by atoms with Gasteiger partial charge in [-0.15, -0.1) is 0 Å². The second-order valence-corrected chi connectivity index (χ2v) is 8.38. The number of imide groups is 1. The maximum Gasteiger partial charge on any atom is 0.350 e. The van der Waals surface area contributed by atoms with Crippen molar-refractivity contribution in [2.24, 2.45) is 5.10 Å². The molecule has 2 heterocycles. The number of amides is 3. The van der Waals surface area contributed by atoms with Gasteiger partial charge >= 0.3 is 11.7 Å². The highest BCUT2D eigenvalue weighted by atomic mass is 32.2. The van der Waals surface area contributed by atoms with Crippen molar-refractivity contribution in [2.75, 3.05) is 0 Å². The maximum atomic E-state index is 12.4. The Kier molecular flexibility index (Phi) is 7.16. The van der Waals surface area contributed by atoms with Crippen LogP contribution in [0, 0.1) is 0 Å². The van der Waals surface area contributed by atoms with Crippen LogP contribution in [0.2, 0.25) is 0 Å². The van der Waals surface area contributed by atoms with Crippen LogP contribution >= 0.6 is 11.8 Å². The Bertz CT molecular complexity index is 1350. The molecular weight excluding hydrogens is 476 g/mol. The van der Waals surface area contributed by atoms with Crippen molar-refractivity contribution in [1.29, 1.82) is 0 Å². The second-order valence-electron chi connectivity index (χ2n) is 7.20. The van der Waals surface area contributed by atoms with Crippen molar-refractivity contribution in [2.45, 2.75) is 18.2 Å². The Morgan fingerprint density at radius 3 is 2.54 bits per heavy atom. The summed E-state index contributed by atoms with van der Waals surface area (Å²) in [5.74, 6) is -1.45. The van der Waals surface area contributed by atoms with Crippen molar-refractivity contribution >= 4 is 41.0 Å². The Hall–Kier alpha value is -4.52. The van der Waals surface area contributed by atoms with E-state index in [9.17, 15) is 24.0 Å². The summed E-state index contributed by atoms with van der Waals surface area (Å²) >= 11 is 0.751. The Morgan fingerprint density at radius 1 is 1.11 bits per heavy atom. The number of para-hydroxylation sites is 1. The zero-order valence-corrected chi connectivity index (χ0v) is 18.8. The van der Waals surface area contributed by atoms with Crippen LogP contribution in [-0.2, 0) is 20.9 Å². The molecule has 12 nitrogen and oxygen atoms in total. The van der Waals surface area contributed by atoms with E-state index < -0.39 is 34.0 Å². The lowest BCUT2D eigenvalue weighted by atomic mass is 10.2. The van der Waals surface area contributed by atoms with Gasteiger partial charge in [0, 0.05) is 0 Å². The SMILES string of the molecule is O=C(Cn1ncn(-c2ccccc2)c1=O)N/N=C/c1ccc(OC(=O)C[C@H]2SC(=O)NC2=O)cc1. The lowest BCUT2D eigenvalue weighted by molar-refractivity contribution is -0.135. The molecule has 1 atom stereocenters. The van der Waals surface area contributed by atoms with Crippen molar-refractivity contribution in [1.82, 2.24) is 25.1 Å². The topological polar surface area (TPSA) is 154 Å². The highest BCUT2D eigenvalue weighted by Crippen LogP contribution is 2.23. The maximum absolute atomic E-state index is 12.4. The number of aromatic nitrogens is 3. The molecule has 1 fully saturated rings. The third-order valence-corrected chi connectivity index (χ3v) is 5.68. The van der Waals surface area contributed by atoms with E-state index >= 15 is 0 Å². The summed E-state index contributed by atoms with van der Waals surface area (Å²) in [4.78, 5) is 59.2. The minimum atomic E-state index is -0.798. The summed E-state index contributed by atoms with van der Waals surface area (Å²) in [5, 5.41) is 8.61. The summed E-state index contributed by atoms with van der Waals surface area (Å²) in [7, 11) is 0. The van der Waals surface area contributed by atoms with Crippen molar-refractivity contribution in [3.8, 4) is 11.4 Å². The largest absolute Gasteiger partial charge is 0.426 e. The van der Waals surface area contributed by atoms with E-state index in [0.717, 1.165) is 16.4 Å². The number of hydrazone groups is 1. The first kappa shape index (κ1) is 23.6. The molecule has 0 saturated carbocycles. The molecule has 0 bridgehead atoms. The van der Waals surface area contributed by atoms with E-state index in [-0.39, 0.29) is 18.7 Å². The molecule has 2 N–H and O–H groups in total. The Morgan fingerprint density at radius 2 is 1.86 bits per heavy atom. The molecule has 2 aromatic carbocycles. The van der Waals surface area contributed by atoms with Gasteiger partial charge in [-0.2, -0.15) is 10.2 Å². The summed E-state index contributed by atoms with van der Waals surface area (Å²) in [6.07, 6.45) is 2.48. The van der Waals surface area contributed by atoms with E-state index in [0.29, 0.717) is 11.3 Å². The molecule has 3 aromatic rings. The van der Waals surface area contributed by atoms with Gasteiger partial charge in [0.15, 0.2) is 0 Å². The number of nitrogens with one attached hydrogen (secondary N) is 2. The molecule has 0 unspecified atom stereocenters. The van der Waals surface area contributed by atoms with E-state index in [1.54, 1.807) is 36.4 Å². The third kappa shape index (κ3) is 6.09. The number of esters is 1. The molecule has 4 rings (SSSR count). The molecule has 178 valence electrons. The van der Waals surface area contributed by atoms with Crippen molar-refractivity contribution in [3.05, 3.63) is 77.0 Å². The van der Waals surface area contributed by atoms with Gasteiger partial charge in [0.2, 0.25) is 5.91 Å². The number of benzene rings is 2. The van der Waals surface area contributed by atoms with Gasteiger partial charge in [-0.3, -0.25) is 24.5 Å². The first-order valence-corrected chi connectivity index (χ1v) is 11.1. The lowest BCUT2D eigenvalue weighted by Crippen LogP contribution is -2.31. The molecule has 0 spiro atoms. The average molecular weight is 494 g/mol. The van der Waals surface area contributed by atoms with Crippen LogP contribution in [0.3, 0.4) is 0 Å². The highest BCUT2D eigenvalue weighted by Gasteiger charge is 2.33. The molecule has 13 heteroatoms. The molecule has 1 aliphatic heterocycles. The number of nitrogens with zero attached hydrogens (tertiary/aromatic N) is 4. The highest BCUT2D eigenvalue weighted by molar-refractivity contribution is 8.15. The average Bonchev–Trinajstić information content (AvgIpc) is 3.35. The molecule has 1 saturated heterocycles. The number of ether oxygens (including phenoxy) is 1. The van der Waals surface area contributed by atoms with Crippen LogP contribution in [0.5, 0.6) is 5.75 Å². The van der Waals surface area contributed by atoms with E-state index in [2.05, 4.69) is 20.9 Å². The van der Waals surface area contributed by atoms with Crippen LogP contribution in [0.25, 0.3) is 5.69 Å². The molecule has 1 aromatic heterocycles. The number of hydrogen-bond donors (Lipinski definition) is 2. The molecule has 0 aliphatic carbocycles. The molecule has 0 radical (unpaired) electrons. The zero-order chi connectivity index (χ0) is 24.8. The van der Waals surface area contributed by atoms with Crippen molar-refractivity contribution < 1.29 is 23.9 Å². The number of carbonyl (C=O) groups excluding carboxylic acids is 4. The number of thioether (sulfide) groups is 1. The fourth-order valence-corrected chi connectivity index (χ4v) is 3.84. The summed E-state index contributed by atoms with van der Waals surface area (Å²) in [5.41, 5.74) is 3.10. The van der Waals surface area contributed by atoms with Crippen LogP contribution in [0.15, 0.2) is 70.8 Å². The van der Waals surface area contributed by atoms with Gasteiger partial charge in [0.05, 0.1) is 18.3 Å². The standard InChI is InChI=1S/C22H18N6O6S/c29-18(12-28-22(33)27(13-24-28)15-4-2-1-3-5-15)26-23-11-14-6-8-16(9-7-14)34-19(30)10-17-20(31)25-21(32)35-17/h1-9,11,13,17H,10,12H2,(H,26,29)(H,25,31,32)/b23-11+/t17-/m1/s1. The number of hydrogen-bond acceptors (Lipinski definition) is 9. The Balaban J connectivity index is 1.26.